The van der Waals surface area contributed by atoms with Gasteiger partial charge in [0.2, 0.25) is 0 Å². The van der Waals surface area contributed by atoms with Gasteiger partial charge in [-0.1, -0.05) is 11.6 Å². The van der Waals surface area contributed by atoms with Crippen LogP contribution in [0.15, 0.2) is 12.1 Å². The zero-order valence-electron chi connectivity index (χ0n) is 8.89. The second-order valence-electron chi connectivity index (χ2n) is 3.55. The number of halogens is 1. The molecule has 0 amide bonds. The molecule has 1 aromatic carbocycles. The summed E-state index contributed by atoms with van der Waals surface area (Å²) in [4.78, 5) is 0. The number of rotatable bonds is 5. The molecule has 0 aromatic heterocycles. The van der Waals surface area contributed by atoms with Gasteiger partial charge in [-0.25, -0.2) is 0 Å². The molecule has 1 rings (SSSR count). The van der Waals surface area contributed by atoms with E-state index in [4.69, 9.17) is 22.4 Å². The molecule has 0 fully saturated rings. The average Bonchev–Trinajstić information content (AvgIpc) is 2.20. The zero-order valence-corrected chi connectivity index (χ0v) is 9.64. The first-order chi connectivity index (χ1) is 7.15. The molecule has 0 unspecified atom stereocenters. The topological polar surface area (TPSA) is 58.3 Å². The number of unbranched alkanes of at least 4 members (excludes halogenated alkanes) is 1. The van der Waals surface area contributed by atoms with Gasteiger partial charge in [0.25, 0.3) is 0 Å². The summed E-state index contributed by atoms with van der Waals surface area (Å²) in [6.45, 7) is 3.06. The minimum atomic E-state index is 0.239. The number of aliphatic hydroxyl groups is 1. The Bertz CT molecular complexity index is 329. The lowest BCUT2D eigenvalue weighted by atomic mass is 10.1. The van der Waals surface area contributed by atoms with Crippen LogP contribution in [0.4, 0.5) is 11.4 Å². The smallest absolute Gasteiger partial charge is 0.0656 e. The Morgan fingerprint density at radius 3 is 2.80 bits per heavy atom. The summed E-state index contributed by atoms with van der Waals surface area (Å²) in [6, 6.07) is 3.70. The van der Waals surface area contributed by atoms with Gasteiger partial charge in [-0.05, 0) is 37.5 Å². The molecule has 1 aromatic rings. The van der Waals surface area contributed by atoms with Gasteiger partial charge in [0, 0.05) is 18.8 Å². The fourth-order valence-electron chi connectivity index (χ4n) is 1.35. The molecular weight excluding hydrogens is 212 g/mol. The van der Waals surface area contributed by atoms with Gasteiger partial charge in [0.15, 0.2) is 0 Å². The number of hydrogen-bond donors (Lipinski definition) is 3. The third-order valence-electron chi connectivity index (χ3n) is 2.24. The van der Waals surface area contributed by atoms with E-state index >= 15 is 0 Å². The average molecular weight is 229 g/mol. The van der Waals surface area contributed by atoms with Crippen molar-refractivity contribution in [2.24, 2.45) is 0 Å². The van der Waals surface area contributed by atoms with Gasteiger partial charge in [-0.15, -0.1) is 0 Å². The maximum absolute atomic E-state index is 8.63. The van der Waals surface area contributed by atoms with E-state index < -0.39 is 0 Å². The summed E-state index contributed by atoms with van der Waals surface area (Å²) in [6.07, 6.45) is 1.76. The summed E-state index contributed by atoms with van der Waals surface area (Å²) in [7, 11) is 0. The molecule has 84 valence electrons. The molecule has 0 aliphatic carbocycles. The van der Waals surface area contributed by atoms with Crippen LogP contribution in [0.1, 0.15) is 18.4 Å². The number of anilines is 2. The molecule has 4 heteroatoms. The van der Waals surface area contributed by atoms with E-state index in [1.54, 1.807) is 0 Å². The Balaban J connectivity index is 2.57. The number of aliphatic hydroxyl groups excluding tert-OH is 1. The first kappa shape index (κ1) is 12.1. The largest absolute Gasteiger partial charge is 0.398 e. The molecule has 0 atom stereocenters. The predicted octanol–water partition coefficient (Wildman–Crippen LogP) is 2.42. The standard InChI is InChI=1S/C11H17ClN2O/c1-8-6-10(13)9(12)7-11(8)14-4-2-3-5-15/h6-7,14-15H,2-5,13H2,1H3. The number of nitrogens with two attached hydrogens (primary N) is 1. The molecule has 0 aliphatic heterocycles. The van der Waals surface area contributed by atoms with Crippen LogP contribution in [0.2, 0.25) is 5.02 Å². The zero-order chi connectivity index (χ0) is 11.3. The molecule has 4 N–H and O–H groups in total. The van der Waals surface area contributed by atoms with E-state index in [-0.39, 0.29) is 6.61 Å². The summed E-state index contributed by atoms with van der Waals surface area (Å²) >= 11 is 5.92. The van der Waals surface area contributed by atoms with E-state index in [0.717, 1.165) is 30.6 Å². The molecule has 0 aliphatic rings. The fraction of sp³-hybridized carbons (Fsp3) is 0.455. The summed E-state index contributed by atoms with van der Waals surface area (Å²) < 4.78 is 0. The van der Waals surface area contributed by atoms with E-state index in [1.807, 2.05) is 19.1 Å². The van der Waals surface area contributed by atoms with Crippen LogP contribution in [0.3, 0.4) is 0 Å². The van der Waals surface area contributed by atoms with E-state index in [1.165, 1.54) is 0 Å². The molecule has 0 spiro atoms. The highest BCUT2D eigenvalue weighted by Crippen LogP contribution is 2.26. The SMILES string of the molecule is Cc1cc(N)c(Cl)cc1NCCCCO. The van der Waals surface area contributed by atoms with Crippen LogP contribution in [0.5, 0.6) is 0 Å². The van der Waals surface area contributed by atoms with Crippen LogP contribution in [-0.4, -0.2) is 18.3 Å². The van der Waals surface area contributed by atoms with Gasteiger partial charge in [0.05, 0.1) is 10.7 Å². The van der Waals surface area contributed by atoms with Gasteiger partial charge in [-0.3, -0.25) is 0 Å². The first-order valence-corrected chi connectivity index (χ1v) is 5.43. The molecule has 0 bridgehead atoms. The van der Waals surface area contributed by atoms with Crippen molar-refractivity contribution in [2.75, 3.05) is 24.2 Å². The number of nitrogen functional groups attached to an aromatic ring is 1. The van der Waals surface area contributed by atoms with Crippen molar-refractivity contribution in [3.63, 3.8) is 0 Å². The monoisotopic (exact) mass is 228 g/mol. The van der Waals surface area contributed by atoms with Crippen LogP contribution in [-0.2, 0) is 0 Å². The molecule has 0 heterocycles. The van der Waals surface area contributed by atoms with Gasteiger partial charge < -0.3 is 16.2 Å². The van der Waals surface area contributed by atoms with Crippen molar-refractivity contribution in [3.8, 4) is 0 Å². The normalized spacial score (nSPS) is 10.3. The summed E-state index contributed by atoms with van der Waals surface area (Å²) in [5.74, 6) is 0. The summed E-state index contributed by atoms with van der Waals surface area (Å²) in [5, 5.41) is 12.5. The van der Waals surface area contributed by atoms with Crippen molar-refractivity contribution < 1.29 is 5.11 Å². The molecule has 15 heavy (non-hydrogen) atoms. The predicted molar refractivity (Wildman–Crippen MR) is 65.4 cm³/mol. The third kappa shape index (κ3) is 3.61. The van der Waals surface area contributed by atoms with Gasteiger partial charge in [-0.2, -0.15) is 0 Å². The number of nitrogens with one attached hydrogen (secondary N) is 1. The highest BCUT2D eigenvalue weighted by atomic mass is 35.5. The van der Waals surface area contributed by atoms with E-state index in [9.17, 15) is 0 Å². The number of aryl methyl sites for hydroxylation is 1. The Labute approximate surface area is 95.2 Å². The lowest BCUT2D eigenvalue weighted by molar-refractivity contribution is 0.286. The molecule has 3 nitrogen and oxygen atoms in total. The quantitative estimate of drug-likeness (QED) is 0.536. The minimum absolute atomic E-state index is 0.239. The second-order valence-corrected chi connectivity index (χ2v) is 3.95. The molecule has 0 saturated carbocycles. The maximum atomic E-state index is 8.63. The highest BCUT2D eigenvalue weighted by molar-refractivity contribution is 6.33. The third-order valence-corrected chi connectivity index (χ3v) is 2.57. The lowest BCUT2D eigenvalue weighted by Gasteiger charge is -2.11. The molecule has 0 saturated heterocycles. The molecular formula is C11H17ClN2O. The number of hydrogen-bond acceptors (Lipinski definition) is 3. The molecule has 0 radical (unpaired) electrons. The highest BCUT2D eigenvalue weighted by Gasteiger charge is 2.02. The maximum Gasteiger partial charge on any atom is 0.0656 e. The fourth-order valence-corrected chi connectivity index (χ4v) is 1.52. The number of benzene rings is 1. The Morgan fingerprint density at radius 2 is 2.13 bits per heavy atom. The van der Waals surface area contributed by atoms with Crippen molar-refractivity contribution in [1.29, 1.82) is 0 Å². The summed E-state index contributed by atoms with van der Waals surface area (Å²) in [5.41, 5.74) is 8.37. The lowest BCUT2D eigenvalue weighted by Crippen LogP contribution is -2.04. The van der Waals surface area contributed by atoms with Crippen LogP contribution >= 0.6 is 11.6 Å². The Hall–Kier alpha value is -0.930. The van der Waals surface area contributed by atoms with Crippen molar-refractivity contribution >= 4 is 23.0 Å². The van der Waals surface area contributed by atoms with Crippen molar-refractivity contribution in [1.82, 2.24) is 0 Å². The van der Waals surface area contributed by atoms with Crippen LogP contribution in [0.25, 0.3) is 0 Å². The van der Waals surface area contributed by atoms with E-state index in [2.05, 4.69) is 5.32 Å². The van der Waals surface area contributed by atoms with Crippen LogP contribution in [0, 0.1) is 6.92 Å². The first-order valence-electron chi connectivity index (χ1n) is 5.05. The minimum Gasteiger partial charge on any atom is -0.398 e. The van der Waals surface area contributed by atoms with E-state index in [0.29, 0.717) is 10.7 Å². The van der Waals surface area contributed by atoms with Gasteiger partial charge in [0.1, 0.15) is 0 Å². The Kier molecular flexibility index (Phi) is 4.72. The van der Waals surface area contributed by atoms with Gasteiger partial charge >= 0.3 is 0 Å². The van der Waals surface area contributed by atoms with Crippen molar-refractivity contribution in [3.05, 3.63) is 22.7 Å². The van der Waals surface area contributed by atoms with Crippen molar-refractivity contribution in [2.45, 2.75) is 19.8 Å². The second kappa shape index (κ2) is 5.83. The Morgan fingerprint density at radius 1 is 1.40 bits per heavy atom. The van der Waals surface area contributed by atoms with Crippen LogP contribution < -0.4 is 11.1 Å².